The monoisotopic (exact) mass is 354 g/mol. The molecule has 0 aromatic heterocycles. The molecule has 0 aliphatic heterocycles. The molecule has 4 nitrogen and oxygen atoms in total. The zero-order chi connectivity index (χ0) is 17.0. The summed E-state index contributed by atoms with van der Waals surface area (Å²) in [5.74, 6) is -1.44. The number of hydrogen-bond acceptors (Lipinski definition) is 2. The third-order valence-corrected chi connectivity index (χ3v) is 3.78. The summed E-state index contributed by atoms with van der Waals surface area (Å²) in [6.45, 7) is 1.04. The molecule has 0 atom stereocenters. The zero-order valence-corrected chi connectivity index (χ0v) is 13.7. The van der Waals surface area contributed by atoms with Crippen LogP contribution in [-0.4, -0.2) is 18.4 Å². The van der Waals surface area contributed by atoms with Gasteiger partial charge in [-0.05, 0) is 30.3 Å². The lowest BCUT2D eigenvalue weighted by atomic mass is 10.2. The van der Waals surface area contributed by atoms with Gasteiger partial charge in [-0.25, -0.2) is 4.39 Å². The minimum absolute atomic E-state index is 0.0511. The van der Waals surface area contributed by atoms with Gasteiger partial charge in [-0.2, -0.15) is 0 Å². The summed E-state index contributed by atoms with van der Waals surface area (Å²) < 4.78 is 13.5. The lowest BCUT2D eigenvalue weighted by Gasteiger charge is -2.21. The number of hydrogen-bond donors (Lipinski definition) is 1. The number of amides is 2. The standard InChI is InChI=1S/C16H13Cl2FN2O2/c1-10(22)21(11-6-7-12(17)13(18)8-11)9-16(23)20-15-5-3-2-4-14(15)19/h2-8H,9H2,1H3,(H,20,23). The van der Waals surface area contributed by atoms with E-state index in [4.69, 9.17) is 23.2 Å². The molecular weight excluding hydrogens is 342 g/mol. The lowest BCUT2D eigenvalue weighted by molar-refractivity contribution is -0.120. The molecule has 1 N–H and O–H groups in total. The number of nitrogens with zero attached hydrogens (tertiary/aromatic N) is 1. The van der Waals surface area contributed by atoms with Crippen molar-refractivity contribution < 1.29 is 14.0 Å². The molecule has 2 amide bonds. The number of carbonyl (C=O) groups is 2. The molecule has 2 aromatic carbocycles. The van der Waals surface area contributed by atoms with Crippen molar-refractivity contribution in [3.8, 4) is 0 Å². The molecule has 0 spiro atoms. The van der Waals surface area contributed by atoms with E-state index >= 15 is 0 Å². The van der Waals surface area contributed by atoms with Gasteiger partial charge in [0.25, 0.3) is 0 Å². The van der Waals surface area contributed by atoms with Gasteiger partial charge in [-0.1, -0.05) is 35.3 Å². The number of carbonyl (C=O) groups excluding carboxylic acids is 2. The van der Waals surface area contributed by atoms with Gasteiger partial charge in [0.15, 0.2) is 0 Å². The average molecular weight is 355 g/mol. The fourth-order valence-electron chi connectivity index (χ4n) is 1.93. The van der Waals surface area contributed by atoms with Crippen LogP contribution in [0.25, 0.3) is 0 Å². The SMILES string of the molecule is CC(=O)N(CC(=O)Nc1ccccc1F)c1ccc(Cl)c(Cl)c1. The summed E-state index contributed by atoms with van der Waals surface area (Å²) in [6, 6.07) is 10.4. The van der Waals surface area contributed by atoms with Crippen molar-refractivity contribution in [1.29, 1.82) is 0 Å². The molecule has 0 saturated heterocycles. The molecule has 7 heteroatoms. The van der Waals surface area contributed by atoms with Gasteiger partial charge >= 0.3 is 0 Å². The first kappa shape index (κ1) is 17.2. The van der Waals surface area contributed by atoms with E-state index in [2.05, 4.69) is 5.32 Å². The Bertz CT molecular complexity index is 753. The fourth-order valence-corrected chi connectivity index (χ4v) is 2.23. The Balaban J connectivity index is 2.16. The van der Waals surface area contributed by atoms with Gasteiger partial charge < -0.3 is 10.2 Å². The van der Waals surface area contributed by atoms with Crippen molar-refractivity contribution in [2.45, 2.75) is 6.92 Å². The Morgan fingerprint density at radius 2 is 1.83 bits per heavy atom. The normalized spacial score (nSPS) is 10.3. The van der Waals surface area contributed by atoms with Crippen molar-refractivity contribution in [3.63, 3.8) is 0 Å². The molecule has 0 bridgehead atoms. The predicted molar refractivity (Wildman–Crippen MR) is 89.5 cm³/mol. The molecule has 2 rings (SSSR count). The summed E-state index contributed by atoms with van der Waals surface area (Å²) in [4.78, 5) is 25.1. The van der Waals surface area contributed by atoms with Gasteiger partial charge in [-0.15, -0.1) is 0 Å². The van der Waals surface area contributed by atoms with Crippen molar-refractivity contribution in [2.24, 2.45) is 0 Å². The van der Waals surface area contributed by atoms with Crippen LogP contribution in [0.15, 0.2) is 42.5 Å². The molecule has 0 aliphatic rings. The zero-order valence-electron chi connectivity index (χ0n) is 12.1. The fraction of sp³-hybridized carbons (Fsp3) is 0.125. The van der Waals surface area contributed by atoms with Crippen molar-refractivity contribution >= 4 is 46.4 Å². The molecule has 0 radical (unpaired) electrons. The van der Waals surface area contributed by atoms with Crippen LogP contribution in [0, 0.1) is 5.82 Å². The van der Waals surface area contributed by atoms with E-state index in [0.29, 0.717) is 10.7 Å². The van der Waals surface area contributed by atoms with Crippen molar-refractivity contribution in [1.82, 2.24) is 0 Å². The smallest absolute Gasteiger partial charge is 0.244 e. The molecule has 2 aromatic rings. The maximum atomic E-state index is 13.5. The average Bonchev–Trinajstić information content (AvgIpc) is 2.50. The topological polar surface area (TPSA) is 49.4 Å². The van der Waals surface area contributed by atoms with Crippen molar-refractivity contribution in [3.05, 3.63) is 58.3 Å². The maximum Gasteiger partial charge on any atom is 0.244 e. The van der Waals surface area contributed by atoms with Crippen LogP contribution in [-0.2, 0) is 9.59 Å². The highest BCUT2D eigenvalue weighted by atomic mass is 35.5. The number of anilines is 2. The lowest BCUT2D eigenvalue weighted by Crippen LogP contribution is -2.36. The first-order chi connectivity index (χ1) is 10.9. The molecule has 0 heterocycles. The molecular formula is C16H13Cl2FN2O2. The molecule has 0 unspecified atom stereocenters. The van der Waals surface area contributed by atoms with E-state index < -0.39 is 11.7 Å². The highest BCUT2D eigenvalue weighted by Gasteiger charge is 2.17. The number of para-hydroxylation sites is 1. The minimum Gasteiger partial charge on any atom is -0.322 e. The van der Waals surface area contributed by atoms with E-state index in [1.807, 2.05) is 0 Å². The number of benzene rings is 2. The van der Waals surface area contributed by atoms with Crippen LogP contribution in [0.4, 0.5) is 15.8 Å². The molecule has 0 fully saturated rings. The van der Waals surface area contributed by atoms with Gasteiger partial charge in [0, 0.05) is 12.6 Å². The number of halogens is 3. The summed E-state index contributed by atoms with van der Waals surface area (Å²) >= 11 is 11.8. The van der Waals surface area contributed by atoms with Crippen LogP contribution in [0.1, 0.15) is 6.92 Å². The van der Waals surface area contributed by atoms with Gasteiger partial charge in [0.1, 0.15) is 12.4 Å². The molecule has 0 saturated carbocycles. The van der Waals surface area contributed by atoms with E-state index in [-0.39, 0.29) is 23.2 Å². The second-order valence-corrected chi connectivity index (χ2v) is 5.55. The van der Waals surface area contributed by atoms with E-state index in [9.17, 15) is 14.0 Å². The summed E-state index contributed by atoms with van der Waals surface area (Å²) in [5.41, 5.74) is 0.478. The Kier molecular flexibility index (Phi) is 5.58. The van der Waals surface area contributed by atoms with Crippen LogP contribution in [0.3, 0.4) is 0 Å². The van der Waals surface area contributed by atoms with E-state index in [0.717, 1.165) is 0 Å². The highest BCUT2D eigenvalue weighted by Crippen LogP contribution is 2.27. The van der Waals surface area contributed by atoms with Crippen LogP contribution < -0.4 is 10.2 Å². The molecule has 120 valence electrons. The highest BCUT2D eigenvalue weighted by molar-refractivity contribution is 6.42. The van der Waals surface area contributed by atoms with Gasteiger partial charge in [0.05, 0.1) is 15.7 Å². The van der Waals surface area contributed by atoms with E-state index in [1.54, 1.807) is 12.1 Å². The number of nitrogens with one attached hydrogen (secondary N) is 1. The third-order valence-electron chi connectivity index (χ3n) is 3.04. The third kappa shape index (κ3) is 4.43. The summed E-state index contributed by atoms with van der Waals surface area (Å²) in [7, 11) is 0. The second-order valence-electron chi connectivity index (χ2n) is 4.73. The Morgan fingerprint density at radius 1 is 1.13 bits per heavy atom. The van der Waals surface area contributed by atoms with E-state index in [1.165, 1.54) is 42.2 Å². The first-order valence-corrected chi connectivity index (χ1v) is 7.41. The number of rotatable bonds is 4. The van der Waals surface area contributed by atoms with Crippen LogP contribution in [0.5, 0.6) is 0 Å². The Hall–Kier alpha value is -2.11. The maximum absolute atomic E-state index is 13.5. The van der Waals surface area contributed by atoms with Crippen molar-refractivity contribution in [2.75, 3.05) is 16.8 Å². The molecule has 23 heavy (non-hydrogen) atoms. The molecule has 0 aliphatic carbocycles. The Labute approximate surface area is 142 Å². The van der Waals surface area contributed by atoms with Gasteiger partial charge in [-0.3, -0.25) is 9.59 Å². The second kappa shape index (κ2) is 7.44. The minimum atomic E-state index is -0.551. The first-order valence-electron chi connectivity index (χ1n) is 6.66. The predicted octanol–water partition coefficient (Wildman–Crippen LogP) is 4.12. The summed E-state index contributed by atoms with van der Waals surface area (Å²) in [5, 5.41) is 3.04. The Morgan fingerprint density at radius 3 is 2.43 bits per heavy atom. The van der Waals surface area contributed by atoms with Gasteiger partial charge in [0.2, 0.25) is 11.8 Å². The largest absolute Gasteiger partial charge is 0.322 e. The summed E-state index contributed by atoms with van der Waals surface area (Å²) in [6.07, 6.45) is 0. The van der Waals surface area contributed by atoms with Crippen LogP contribution >= 0.6 is 23.2 Å². The quantitative estimate of drug-likeness (QED) is 0.897. The van der Waals surface area contributed by atoms with Crippen LogP contribution in [0.2, 0.25) is 10.0 Å².